The Kier molecular flexibility index (Phi) is 9.05. The first kappa shape index (κ1) is 15.6. The fraction of sp³-hybridized carbons (Fsp3) is 0.625. The van der Waals surface area contributed by atoms with Gasteiger partial charge in [0.05, 0.1) is 6.10 Å². The third-order valence-electron chi connectivity index (χ3n) is 3.08. The Morgan fingerprint density at radius 2 is 1.67 bits per heavy atom. The fourth-order valence-electron chi connectivity index (χ4n) is 1.95. The Bertz CT molecular complexity index is 286. The van der Waals surface area contributed by atoms with Gasteiger partial charge in [-0.05, 0) is 18.6 Å². The van der Waals surface area contributed by atoms with Crippen LogP contribution in [0.2, 0.25) is 0 Å². The van der Waals surface area contributed by atoms with Crippen molar-refractivity contribution in [2.24, 2.45) is 0 Å². The molecule has 0 radical (unpaired) electrons. The predicted octanol–water partition coefficient (Wildman–Crippen LogP) is 4.89. The number of rotatable bonds is 10. The number of thioether (sulfide) groups is 1. The van der Waals surface area contributed by atoms with Gasteiger partial charge in [0.25, 0.3) is 0 Å². The van der Waals surface area contributed by atoms with Gasteiger partial charge in [0.2, 0.25) is 0 Å². The zero-order valence-corrected chi connectivity index (χ0v) is 12.3. The van der Waals surface area contributed by atoms with Crippen molar-refractivity contribution in [3.63, 3.8) is 0 Å². The average molecular weight is 266 g/mol. The Balaban J connectivity index is 1.99. The smallest absolute Gasteiger partial charge is 0.0634 e. The predicted molar refractivity (Wildman–Crippen MR) is 81.2 cm³/mol. The van der Waals surface area contributed by atoms with Crippen LogP contribution < -0.4 is 0 Å². The van der Waals surface area contributed by atoms with Gasteiger partial charge < -0.3 is 5.11 Å². The second-order valence-electron chi connectivity index (χ2n) is 4.83. The lowest BCUT2D eigenvalue weighted by Gasteiger charge is -2.10. The molecule has 0 fully saturated rings. The van der Waals surface area contributed by atoms with Gasteiger partial charge in [0.1, 0.15) is 0 Å². The van der Waals surface area contributed by atoms with Crippen LogP contribution in [0.4, 0.5) is 0 Å². The first-order valence-electron chi connectivity index (χ1n) is 7.19. The number of hydrogen-bond donors (Lipinski definition) is 1. The third kappa shape index (κ3) is 7.78. The van der Waals surface area contributed by atoms with E-state index in [0.717, 1.165) is 12.2 Å². The van der Waals surface area contributed by atoms with Gasteiger partial charge in [-0.3, -0.25) is 0 Å². The Morgan fingerprint density at radius 1 is 1.00 bits per heavy atom. The van der Waals surface area contributed by atoms with Gasteiger partial charge in [0.15, 0.2) is 0 Å². The lowest BCUT2D eigenvalue weighted by molar-refractivity contribution is 0.185. The maximum Gasteiger partial charge on any atom is 0.0634 e. The van der Waals surface area contributed by atoms with Crippen molar-refractivity contribution in [3.8, 4) is 0 Å². The number of unbranched alkanes of at least 4 members (excludes halogenated alkanes) is 5. The van der Waals surface area contributed by atoms with E-state index in [2.05, 4.69) is 19.1 Å². The molecular weight excluding hydrogens is 240 g/mol. The molecule has 2 heteroatoms. The third-order valence-corrected chi connectivity index (χ3v) is 4.23. The molecule has 18 heavy (non-hydrogen) atoms. The molecule has 0 spiro atoms. The van der Waals surface area contributed by atoms with Crippen LogP contribution in [-0.2, 0) is 0 Å². The summed E-state index contributed by atoms with van der Waals surface area (Å²) in [7, 11) is 0. The zero-order valence-electron chi connectivity index (χ0n) is 11.5. The van der Waals surface area contributed by atoms with Crippen LogP contribution in [0.15, 0.2) is 35.2 Å². The summed E-state index contributed by atoms with van der Waals surface area (Å²) >= 11 is 1.75. The van der Waals surface area contributed by atoms with Crippen LogP contribution in [0.3, 0.4) is 0 Å². The van der Waals surface area contributed by atoms with Crippen LogP contribution in [0.25, 0.3) is 0 Å². The molecular formula is C16H26OS. The molecule has 1 nitrogen and oxygen atoms in total. The first-order valence-corrected chi connectivity index (χ1v) is 8.17. The maximum absolute atomic E-state index is 9.89. The van der Waals surface area contributed by atoms with Crippen LogP contribution in [0.1, 0.15) is 51.9 Å². The van der Waals surface area contributed by atoms with E-state index in [4.69, 9.17) is 0 Å². The van der Waals surface area contributed by atoms with Crippen molar-refractivity contribution < 1.29 is 5.11 Å². The molecule has 1 rings (SSSR count). The largest absolute Gasteiger partial charge is 0.392 e. The molecule has 1 atom stereocenters. The molecule has 1 unspecified atom stereocenters. The first-order chi connectivity index (χ1) is 8.83. The molecule has 0 saturated carbocycles. The molecule has 102 valence electrons. The summed E-state index contributed by atoms with van der Waals surface area (Å²) in [6, 6.07) is 10.3. The SMILES string of the molecule is CCCCCCCCC(O)CSc1ccccc1. The second kappa shape index (κ2) is 10.5. The molecule has 0 bridgehead atoms. The molecule has 1 aromatic carbocycles. The quantitative estimate of drug-likeness (QED) is 0.480. The molecule has 0 saturated heterocycles. The van der Waals surface area contributed by atoms with Crippen molar-refractivity contribution >= 4 is 11.8 Å². The Morgan fingerprint density at radius 3 is 2.39 bits per heavy atom. The summed E-state index contributed by atoms with van der Waals surface area (Å²) in [5.41, 5.74) is 0. The Labute approximate surface area is 116 Å². The van der Waals surface area contributed by atoms with Crippen LogP contribution in [0, 0.1) is 0 Å². The van der Waals surface area contributed by atoms with E-state index in [1.807, 2.05) is 18.2 Å². The minimum absolute atomic E-state index is 0.151. The number of aliphatic hydroxyl groups is 1. The monoisotopic (exact) mass is 266 g/mol. The fourth-order valence-corrected chi connectivity index (χ4v) is 2.85. The van der Waals surface area contributed by atoms with E-state index in [-0.39, 0.29) is 6.10 Å². The number of aliphatic hydroxyl groups excluding tert-OH is 1. The second-order valence-corrected chi connectivity index (χ2v) is 5.93. The highest BCUT2D eigenvalue weighted by molar-refractivity contribution is 7.99. The lowest BCUT2D eigenvalue weighted by atomic mass is 10.1. The van der Waals surface area contributed by atoms with Gasteiger partial charge in [0, 0.05) is 10.6 Å². The number of hydrogen-bond acceptors (Lipinski definition) is 2. The van der Waals surface area contributed by atoms with E-state index in [1.165, 1.54) is 43.4 Å². The minimum atomic E-state index is -0.151. The lowest BCUT2D eigenvalue weighted by Crippen LogP contribution is -2.09. The molecule has 1 N–H and O–H groups in total. The summed E-state index contributed by atoms with van der Waals surface area (Å²) < 4.78 is 0. The van der Waals surface area contributed by atoms with Crippen LogP contribution >= 0.6 is 11.8 Å². The van der Waals surface area contributed by atoms with Gasteiger partial charge in [-0.15, -0.1) is 11.8 Å². The van der Waals surface area contributed by atoms with Crippen molar-refractivity contribution in [1.82, 2.24) is 0 Å². The highest BCUT2D eigenvalue weighted by atomic mass is 32.2. The van der Waals surface area contributed by atoms with Crippen LogP contribution in [-0.4, -0.2) is 17.0 Å². The zero-order chi connectivity index (χ0) is 13.1. The molecule has 0 heterocycles. The van der Waals surface area contributed by atoms with Crippen molar-refractivity contribution in [2.45, 2.75) is 62.9 Å². The van der Waals surface area contributed by atoms with Crippen molar-refractivity contribution in [3.05, 3.63) is 30.3 Å². The van der Waals surface area contributed by atoms with E-state index in [1.54, 1.807) is 11.8 Å². The summed E-state index contributed by atoms with van der Waals surface area (Å²) in [6.07, 6.45) is 8.57. The standard InChI is InChI=1S/C16H26OS/c1-2-3-4-5-6-8-11-15(17)14-18-16-12-9-7-10-13-16/h7,9-10,12-13,15,17H,2-6,8,11,14H2,1H3. The summed E-state index contributed by atoms with van der Waals surface area (Å²) in [5, 5.41) is 9.89. The van der Waals surface area contributed by atoms with Crippen molar-refractivity contribution in [2.75, 3.05) is 5.75 Å². The average Bonchev–Trinajstić information content (AvgIpc) is 2.41. The highest BCUT2D eigenvalue weighted by Gasteiger charge is 2.04. The van der Waals surface area contributed by atoms with E-state index in [0.29, 0.717) is 0 Å². The summed E-state index contributed by atoms with van der Waals surface area (Å²) in [4.78, 5) is 1.25. The van der Waals surface area contributed by atoms with Gasteiger partial charge in [-0.2, -0.15) is 0 Å². The topological polar surface area (TPSA) is 20.2 Å². The Hall–Kier alpha value is -0.470. The van der Waals surface area contributed by atoms with Crippen molar-refractivity contribution in [1.29, 1.82) is 0 Å². The van der Waals surface area contributed by atoms with E-state index >= 15 is 0 Å². The number of benzene rings is 1. The van der Waals surface area contributed by atoms with E-state index in [9.17, 15) is 5.11 Å². The van der Waals surface area contributed by atoms with Gasteiger partial charge in [-0.1, -0.05) is 63.6 Å². The molecule has 0 aliphatic carbocycles. The van der Waals surface area contributed by atoms with Gasteiger partial charge in [-0.25, -0.2) is 0 Å². The summed E-state index contributed by atoms with van der Waals surface area (Å²) in [6.45, 7) is 2.24. The molecule has 0 aliphatic rings. The highest BCUT2D eigenvalue weighted by Crippen LogP contribution is 2.19. The molecule has 0 amide bonds. The minimum Gasteiger partial charge on any atom is -0.392 e. The molecule has 1 aromatic rings. The van der Waals surface area contributed by atoms with Gasteiger partial charge >= 0.3 is 0 Å². The summed E-state index contributed by atoms with van der Waals surface area (Å²) in [5.74, 6) is 0.818. The van der Waals surface area contributed by atoms with Crippen LogP contribution in [0.5, 0.6) is 0 Å². The normalized spacial score (nSPS) is 12.6. The molecule has 0 aliphatic heterocycles. The van der Waals surface area contributed by atoms with E-state index < -0.39 is 0 Å². The maximum atomic E-state index is 9.89. The molecule has 0 aromatic heterocycles.